The van der Waals surface area contributed by atoms with Crippen LogP contribution in [-0.2, 0) is 11.3 Å². The molecular formula is C32H34FN5O5. The van der Waals surface area contributed by atoms with Crippen molar-refractivity contribution in [3.05, 3.63) is 93.0 Å². The number of amides is 1. The molecule has 0 atom stereocenters. The lowest BCUT2D eigenvalue weighted by molar-refractivity contribution is 0.140. The van der Waals surface area contributed by atoms with Crippen LogP contribution >= 0.6 is 0 Å². The lowest BCUT2D eigenvalue weighted by atomic mass is 9.91. The number of halogens is 1. The predicted molar refractivity (Wildman–Crippen MR) is 160 cm³/mol. The fourth-order valence-electron chi connectivity index (χ4n) is 6.29. The molecule has 224 valence electrons. The molecule has 2 N–H and O–H groups in total. The molecule has 1 aliphatic heterocycles. The van der Waals surface area contributed by atoms with Crippen molar-refractivity contribution in [1.29, 1.82) is 0 Å². The van der Waals surface area contributed by atoms with E-state index in [1.807, 2.05) is 48.5 Å². The van der Waals surface area contributed by atoms with Gasteiger partial charge in [-0.2, -0.15) is 0 Å². The largest absolute Gasteiger partial charge is 0.465 e. The number of carbonyl (C=O) groups is 1. The highest BCUT2D eigenvalue weighted by Crippen LogP contribution is 2.30. The van der Waals surface area contributed by atoms with Crippen molar-refractivity contribution in [2.45, 2.75) is 50.7 Å². The summed E-state index contributed by atoms with van der Waals surface area (Å²) in [6.45, 7) is 3.45. The maximum absolute atomic E-state index is 14.5. The number of ether oxygens (including phenoxy) is 1. The molecule has 2 aromatic carbocycles. The van der Waals surface area contributed by atoms with Crippen LogP contribution in [0.4, 0.5) is 9.18 Å². The summed E-state index contributed by atoms with van der Waals surface area (Å²) < 4.78 is 22.9. The smallest absolute Gasteiger partial charge is 0.404 e. The van der Waals surface area contributed by atoms with E-state index in [0.29, 0.717) is 51.1 Å². The first-order chi connectivity index (χ1) is 20.9. The molecule has 2 fully saturated rings. The van der Waals surface area contributed by atoms with Crippen molar-refractivity contribution in [2.75, 3.05) is 26.3 Å². The predicted octanol–water partition coefficient (Wildman–Crippen LogP) is 4.33. The molecule has 1 saturated heterocycles. The van der Waals surface area contributed by atoms with Crippen LogP contribution in [0.5, 0.6) is 0 Å². The Hall–Kier alpha value is -4.35. The second-order valence-electron chi connectivity index (χ2n) is 11.2. The van der Waals surface area contributed by atoms with Crippen molar-refractivity contribution < 1.29 is 19.0 Å². The lowest BCUT2D eigenvalue weighted by Crippen LogP contribution is -2.45. The van der Waals surface area contributed by atoms with E-state index in [2.05, 4.69) is 15.2 Å². The number of nitrogens with zero attached hydrogens (tertiary/aromatic N) is 4. The number of pyridine rings is 1. The van der Waals surface area contributed by atoms with Crippen molar-refractivity contribution in [3.8, 4) is 16.8 Å². The van der Waals surface area contributed by atoms with Gasteiger partial charge in [-0.1, -0.05) is 42.5 Å². The molecule has 1 aliphatic carbocycles. The number of benzene rings is 2. The molecule has 0 spiro atoms. The number of carboxylic acid groups (broad SMARTS) is 1. The number of hydrogen-bond acceptors (Lipinski definition) is 6. The summed E-state index contributed by atoms with van der Waals surface area (Å²) in [6.07, 6.45) is 2.64. The van der Waals surface area contributed by atoms with Gasteiger partial charge < -0.3 is 15.2 Å². The molecule has 0 unspecified atom stereocenters. The summed E-state index contributed by atoms with van der Waals surface area (Å²) in [5.74, 6) is -0.668. The second kappa shape index (κ2) is 12.5. The normalized spacial score (nSPS) is 19.7. The second-order valence-corrected chi connectivity index (χ2v) is 11.2. The van der Waals surface area contributed by atoms with Crippen molar-refractivity contribution in [2.24, 2.45) is 0 Å². The van der Waals surface area contributed by atoms with Crippen LogP contribution in [0.15, 0.2) is 70.4 Å². The van der Waals surface area contributed by atoms with E-state index >= 15 is 0 Å². The highest BCUT2D eigenvalue weighted by molar-refractivity contribution is 5.77. The van der Waals surface area contributed by atoms with Crippen LogP contribution in [0, 0.1) is 5.82 Å². The van der Waals surface area contributed by atoms with E-state index in [1.54, 1.807) is 0 Å². The third kappa shape index (κ3) is 6.09. The maximum Gasteiger partial charge on any atom is 0.404 e. The summed E-state index contributed by atoms with van der Waals surface area (Å²) in [5, 5.41) is 11.7. The molecule has 2 aliphatic rings. The van der Waals surface area contributed by atoms with Gasteiger partial charge in [0.15, 0.2) is 5.65 Å². The number of nitrogens with one attached hydrogen (secondary N) is 1. The van der Waals surface area contributed by atoms with Crippen molar-refractivity contribution in [1.82, 2.24) is 24.3 Å². The zero-order chi connectivity index (χ0) is 29.9. The monoisotopic (exact) mass is 587 g/mol. The third-order valence-corrected chi connectivity index (χ3v) is 8.42. The molecule has 11 heteroatoms. The molecule has 4 aromatic rings. The Balaban J connectivity index is 1.53. The van der Waals surface area contributed by atoms with Crippen LogP contribution in [0.3, 0.4) is 0 Å². The molecule has 10 nitrogen and oxygen atoms in total. The molecule has 6 rings (SSSR count). The van der Waals surface area contributed by atoms with Gasteiger partial charge in [0.2, 0.25) is 0 Å². The van der Waals surface area contributed by atoms with Gasteiger partial charge in [-0.15, -0.1) is 0 Å². The Labute approximate surface area is 247 Å². The number of rotatable bonds is 6. The molecule has 3 heterocycles. The number of aromatic nitrogens is 3. The van der Waals surface area contributed by atoms with Crippen LogP contribution in [-0.4, -0.2) is 62.6 Å². The quantitative estimate of drug-likeness (QED) is 0.345. The fraction of sp³-hybridized carbons (Fsp3) is 0.375. The van der Waals surface area contributed by atoms with Crippen LogP contribution in [0.2, 0.25) is 0 Å². The van der Waals surface area contributed by atoms with E-state index in [-0.39, 0.29) is 17.1 Å². The summed E-state index contributed by atoms with van der Waals surface area (Å²) in [7, 11) is 0. The SMILES string of the molecule is O=C(O)N[C@H]1CC[C@@H](n2c(=O)c3cc(F)cnc3n(-c3cc(-c4ccccc4)ccc3CN3CCCOCC3)c2=O)CC1. The molecular weight excluding hydrogens is 553 g/mol. The minimum atomic E-state index is -1.10. The average molecular weight is 588 g/mol. The van der Waals surface area contributed by atoms with Gasteiger partial charge in [0.25, 0.3) is 5.56 Å². The molecule has 0 bridgehead atoms. The lowest BCUT2D eigenvalue weighted by Gasteiger charge is -2.30. The fourth-order valence-corrected chi connectivity index (χ4v) is 6.29. The van der Waals surface area contributed by atoms with Gasteiger partial charge in [0.1, 0.15) is 5.82 Å². The molecule has 1 saturated carbocycles. The molecule has 0 radical (unpaired) electrons. The summed E-state index contributed by atoms with van der Waals surface area (Å²) in [6, 6.07) is 16.2. The third-order valence-electron chi connectivity index (χ3n) is 8.42. The van der Waals surface area contributed by atoms with E-state index in [1.165, 1.54) is 9.13 Å². The molecule has 43 heavy (non-hydrogen) atoms. The Kier molecular flexibility index (Phi) is 8.35. The zero-order valence-corrected chi connectivity index (χ0v) is 23.7. The first kappa shape index (κ1) is 28.8. The highest BCUT2D eigenvalue weighted by Gasteiger charge is 2.28. The topological polar surface area (TPSA) is 119 Å². The molecule has 2 aromatic heterocycles. The molecule has 1 amide bonds. The first-order valence-corrected chi connectivity index (χ1v) is 14.7. The Morgan fingerprint density at radius 3 is 2.56 bits per heavy atom. The highest BCUT2D eigenvalue weighted by atomic mass is 19.1. The van der Waals surface area contributed by atoms with Gasteiger partial charge in [0, 0.05) is 38.3 Å². The average Bonchev–Trinajstić information content (AvgIpc) is 3.28. The van der Waals surface area contributed by atoms with E-state index < -0.39 is 29.2 Å². The summed E-state index contributed by atoms with van der Waals surface area (Å²) in [5.41, 5.74) is 2.26. The van der Waals surface area contributed by atoms with E-state index in [0.717, 1.165) is 48.5 Å². The first-order valence-electron chi connectivity index (χ1n) is 14.7. The Morgan fingerprint density at radius 2 is 1.79 bits per heavy atom. The van der Waals surface area contributed by atoms with Gasteiger partial charge in [-0.3, -0.25) is 14.3 Å². The maximum atomic E-state index is 14.5. The number of hydrogen-bond donors (Lipinski definition) is 2. The minimum Gasteiger partial charge on any atom is -0.465 e. The van der Waals surface area contributed by atoms with E-state index in [4.69, 9.17) is 9.84 Å². The summed E-state index contributed by atoms with van der Waals surface area (Å²) >= 11 is 0. The van der Waals surface area contributed by atoms with Crippen LogP contribution in [0.1, 0.15) is 43.7 Å². The Bertz CT molecular complexity index is 1740. The van der Waals surface area contributed by atoms with Crippen LogP contribution in [0.25, 0.3) is 27.8 Å². The standard InChI is InChI=1S/C32H34FN5O5/c33-24-18-27-29(34-19-24)38(32(42)37(30(27)39)26-11-9-25(10-12-26)35-31(40)41)28-17-22(21-5-2-1-3-6-21)7-8-23(28)20-36-13-4-15-43-16-14-36/h1-3,5-8,17-19,25-26,35H,4,9-16,20H2,(H,40,41)/t25-,26+. The minimum absolute atomic E-state index is 0.0182. The van der Waals surface area contributed by atoms with Crippen molar-refractivity contribution in [3.63, 3.8) is 0 Å². The van der Waals surface area contributed by atoms with Gasteiger partial charge in [0.05, 0.1) is 23.9 Å². The van der Waals surface area contributed by atoms with Gasteiger partial charge >= 0.3 is 11.8 Å². The summed E-state index contributed by atoms with van der Waals surface area (Å²) in [4.78, 5) is 45.9. The zero-order valence-electron chi connectivity index (χ0n) is 23.7. The van der Waals surface area contributed by atoms with Gasteiger partial charge in [-0.25, -0.2) is 23.5 Å². The van der Waals surface area contributed by atoms with Gasteiger partial charge in [-0.05, 0) is 60.9 Å². The Morgan fingerprint density at radius 1 is 1.00 bits per heavy atom. The van der Waals surface area contributed by atoms with Crippen molar-refractivity contribution >= 4 is 17.1 Å². The van der Waals surface area contributed by atoms with Crippen LogP contribution < -0.4 is 16.6 Å². The number of fused-ring (bicyclic) bond motifs is 1. The van der Waals surface area contributed by atoms with E-state index in [9.17, 15) is 18.8 Å².